The second-order valence-corrected chi connectivity index (χ2v) is 2.75. The van der Waals surface area contributed by atoms with Gasteiger partial charge in [0.15, 0.2) is 0 Å². The summed E-state index contributed by atoms with van der Waals surface area (Å²) in [5.74, 6) is -1.07. The number of rotatable bonds is 5. The molecule has 0 aliphatic heterocycles. The van der Waals surface area contributed by atoms with E-state index in [9.17, 15) is 8.78 Å². The van der Waals surface area contributed by atoms with Crippen molar-refractivity contribution in [1.29, 1.82) is 0 Å². The van der Waals surface area contributed by atoms with E-state index in [1.807, 2.05) is 0 Å². The Labute approximate surface area is 81.2 Å². The van der Waals surface area contributed by atoms with Crippen LogP contribution in [-0.4, -0.2) is 19.9 Å². The van der Waals surface area contributed by atoms with Crippen LogP contribution >= 0.6 is 0 Å². The van der Waals surface area contributed by atoms with Crippen molar-refractivity contribution in [3.8, 4) is 5.75 Å². The van der Waals surface area contributed by atoms with Crippen LogP contribution in [0, 0.1) is 11.6 Å². The van der Waals surface area contributed by atoms with Crippen molar-refractivity contribution in [3.05, 3.63) is 29.8 Å². The van der Waals surface area contributed by atoms with E-state index in [1.54, 1.807) is 0 Å². The summed E-state index contributed by atoms with van der Waals surface area (Å²) in [5, 5.41) is 0. The number of hydrogen-bond acceptors (Lipinski definition) is 2. The molecule has 0 aromatic heterocycles. The number of hydrogen-bond donors (Lipinski definition) is 0. The van der Waals surface area contributed by atoms with Gasteiger partial charge < -0.3 is 9.73 Å². The molecule has 0 radical (unpaired) electrons. The van der Waals surface area contributed by atoms with Gasteiger partial charge in [-0.05, 0) is 6.72 Å². The lowest BCUT2D eigenvalue weighted by Crippen LogP contribution is -1.99. The third-order valence-corrected chi connectivity index (χ3v) is 1.57. The zero-order valence-electron chi connectivity index (χ0n) is 7.67. The molecule has 0 saturated heterocycles. The highest BCUT2D eigenvalue weighted by Gasteiger charge is 2.00. The first-order chi connectivity index (χ1) is 6.72. The molecule has 0 amide bonds. The zero-order chi connectivity index (χ0) is 10.4. The molecular weight excluding hydrogens is 188 g/mol. The van der Waals surface area contributed by atoms with Crippen LogP contribution in [0.2, 0.25) is 0 Å². The van der Waals surface area contributed by atoms with Gasteiger partial charge in [0.1, 0.15) is 17.4 Å². The van der Waals surface area contributed by atoms with Crippen molar-refractivity contribution in [2.24, 2.45) is 4.99 Å². The van der Waals surface area contributed by atoms with E-state index in [-0.39, 0.29) is 5.75 Å². The standard InChI is InChI=1S/C10H11F2NO/c1-13-3-2-4-14-10-6-8(11)5-9(12)7-10/h5-7H,1-4H2. The van der Waals surface area contributed by atoms with Gasteiger partial charge in [0.05, 0.1) is 6.61 Å². The lowest BCUT2D eigenvalue weighted by molar-refractivity contribution is 0.310. The van der Waals surface area contributed by atoms with Crippen molar-refractivity contribution in [1.82, 2.24) is 0 Å². The van der Waals surface area contributed by atoms with Gasteiger partial charge in [0.2, 0.25) is 0 Å². The number of halogens is 2. The maximum Gasteiger partial charge on any atom is 0.129 e. The fourth-order valence-electron chi connectivity index (χ4n) is 0.978. The minimum Gasteiger partial charge on any atom is -0.493 e. The van der Waals surface area contributed by atoms with Crippen LogP contribution in [-0.2, 0) is 0 Å². The molecule has 0 aliphatic carbocycles. The van der Waals surface area contributed by atoms with Crippen molar-refractivity contribution >= 4 is 6.72 Å². The van der Waals surface area contributed by atoms with Gasteiger partial charge in [0, 0.05) is 31.2 Å². The summed E-state index contributed by atoms with van der Waals surface area (Å²) in [4.78, 5) is 3.62. The molecule has 0 heterocycles. The van der Waals surface area contributed by atoms with Crippen LogP contribution in [0.15, 0.2) is 23.2 Å². The maximum absolute atomic E-state index is 12.7. The highest BCUT2D eigenvalue weighted by Crippen LogP contribution is 2.15. The smallest absolute Gasteiger partial charge is 0.129 e. The lowest BCUT2D eigenvalue weighted by Gasteiger charge is -2.04. The van der Waals surface area contributed by atoms with Crippen LogP contribution in [0.1, 0.15) is 6.42 Å². The number of benzene rings is 1. The fourth-order valence-corrected chi connectivity index (χ4v) is 0.978. The first kappa shape index (κ1) is 10.6. The van der Waals surface area contributed by atoms with Crippen molar-refractivity contribution < 1.29 is 13.5 Å². The largest absolute Gasteiger partial charge is 0.493 e. The highest BCUT2D eigenvalue weighted by molar-refractivity contribution is 5.24. The number of nitrogens with zero attached hydrogens (tertiary/aromatic N) is 1. The Bertz CT molecular complexity index is 295. The predicted molar refractivity (Wildman–Crippen MR) is 50.9 cm³/mol. The molecule has 14 heavy (non-hydrogen) atoms. The Hall–Kier alpha value is -1.45. The van der Waals surface area contributed by atoms with Gasteiger partial charge in [-0.3, -0.25) is 0 Å². The van der Waals surface area contributed by atoms with Crippen molar-refractivity contribution in [3.63, 3.8) is 0 Å². The molecule has 0 unspecified atom stereocenters. The average Bonchev–Trinajstić information content (AvgIpc) is 2.11. The molecule has 1 aromatic carbocycles. The summed E-state index contributed by atoms with van der Waals surface area (Å²) in [6.45, 7) is 4.27. The van der Waals surface area contributed by atoms with Crippen LogP contribution in [0.3, 0.4) is 0 Å². The molecule has 1 rings (SSSR count). The summed E-state index contributed by atoms with van der Waals surface area (Å²) in [7, 11) is 0. The first-order valence-electron chi connectivity index (χ1n) is 4.24. The molecule has 0 spiro atoms. The molecule has 0 fully saturated rings. The Morgan fingerprint density at radius 2 is 1.86 bits per heavy atom. The van der Waals surface area contributed by atoms with E-state index in [1.165, 1.54) is 0 Å². The van der Waals surface area contributed by atoms with Gasteiger partial charge in [-0.25, -0.2) is 8.78 Å². The van der Waals surface area contributed by atoms with Gasteiger partial charge in [-0.2, -0.15) is 0 Å². The molecule has 0 aliphatic rings. The van der Waals surface area contributed by atoms with Gasteiger partial charge in [-0.1, -0.05) is 0 Å². The summed E-state index contributed by atoms with van der Waals surface area (Å²) in [5.41, 5.74) is 0. The molecule has 0 saturated carbocycles. The van der Waals surface area contributed by atoms with Gasteiger partial charge in [-0.15, -0.1) is 0 Å². The van der Waals surface area contributed by atoms with Crippen LogP contribution in [0.4, 0.5) is 8.78 Å². The molecule has 2 nitrogen and oxygen atoms in total. The first-order valence-corrected chi connectivity index (χ1v) is 4.24. The summed E-state index contributed by atoms with van der Waals surface area (Å²) in [6, 6.07) is 3.09. The number of ether oxygens (including phenoxy) is 1. The fraction of sp³-hybridized carbons (Fsp3) is 0.300. The summed E-state index contributed by atoms with van der Waals surface area (Å²) >= 11 is 0. The highest BCUT2D eigenvalue weighted by atomic mass is 19.1. The van der Waals surface area contributed by atoms with Crippen LogP contribution in [0.5, 0.6) is 5.75 Å². The van der Waals surface area contributed by atoms with E-state index in [0.29, 0.717) is 19.6 Å². The Morgan fingerprint density at radius 3 is 2.43 bits per heavy atom. The molecule has 0 bridgehead atoms. The Morgan fingerprint density at radius 1 is 1.21 bits per heavy atom. The van der Waals surface area contributed by atoms with E-state index in [4.69, 9.17) is 4.74 Å². The third kappa shape index (κ3) is 3.51. The molecule has 0 atom stereocenters. The average molecular weight is 199 g/mol. The molecule has 4 heteroatoms. The summed E-state index contributed by atoms with van der Waals surface area (Å²) < 4.78 is 30.4. The van der Waals surface area contributed by atoms with Crippen molar-refractivity contribution in [2.75, 3.05) is 13.2 Å². The zero-order valence-corrected chi connectivity index (χ0v) is 7.67. The minimum absolute atomic E-state index is 0.201. The molecule has 76 valence electrons. The normalized spacial score (nSPS) is 9.86. The molecule has 1 aromatic rings. The third-order valence-electron chi connectivity index (χ3n) is 1.57. The van der Waals surface area contributed by atoms with Crippen LogP contribution < -0.4 is 4.74 Å². The van der Waals surface area contributed by atoms with E-state index in [2.05, 4.69) is 11.7 Å². The van der Waals surface area contributed by atoms with Crippen LogP contribution in [0.25, 0.3) is 0 Å². The Balaban J connectivity index is 2.46. The molecular formula is C10H11F2NO. The van der Waals surface area contributed by atoms with Gasteiger partial charge >= 0.3 is 0 Å². The molecule has 0 N–H and O–H groups in total. The lowest BCUT2D eigenvalue weighted by atomic mass is 10.3. The topological polar surface area (TPSA) is 21.6 Å². The summed E-state index contributed by atoms with van der Waals surface area (Å²) in [6.07, 6.45) is 0.682. The maximum atomic E-state index is 12.7. The number of aliphatic imine (C=N–C) groups is 1. The quantitative estimate of drug-likeness (QED) is 0.527. The monoisotopic (exact) mass is 199 g/mol. The van der Waals surface area contributed by atoms with E-state index in [0.717, 1.165) is 18.2 Å². The second kappa shape index (κ2) is 5.32. The van der Waals surface area contributed by atoms with Crippen molar-refractivity contribution in [2.45, 2.75) is 6.42 Å². The predicted octanol–water partition coefficient (Wildman–Crippen LogP) is 2.43. The minimum atomic E-state index is -0.637. The second-order valence-electron chi connectivity index (χ2n) is 2.75. The van der Waals surface area contributed by atoms with E-state index >= 15 is 0 Å². The SMILES string of the molecule is C=NCCCOc1cc(F)cc(F)c1. The van der Waals surface area contributed by atoms with Gasteiger partial charge in [0.25, 0.3) is 0 Å². The Kier molecular flexibility index (Phi) is 4.04. The van der Waals surface area contributed by atoms with E-state index < -0.39 is 11.6 Å².